The molecule has 0 rings (SSSR count). The summed E-state index contributed by atoms with van der Waals surface area (Å²) in [6.45, 7) is 7.05. The summed E-state index contributed by atoms with van der Waals surface area (Å²) in [5.41, 5.74) is -0.937. The van der Waals surface area contributed by atoms with Crippen molar-refractivity contribution in [3.8, 4) is 0 Å². The van der Waals surface area contributed by atoms with E-state index in [0.717, 1.165) is 0 Å². The number of hydrogen-bond donors (Lipinski definition) is 2. The van der Waals surface area contributed by atoms with Gasteiger partial charge in [0.1, 0.15) is 0 Å². The molecule has 0 aliphatic carbocycles. The van der Waals surface area contributed by atoms with Gasteiger partial charge in [-0.05, 0) is 27.7 Å². The lowest BCUT2D eigenvalue weighted by molar-refractivity contribution is -0.146. The van der Waals surface area contributed by atoms with E-state index in [1.54, 1.807) is 20.9 Å². The quantitative estimate of drug-likeness (QED) is 0.740. The second-order valence-corrected chi connectivity index (χ2v) is 4.55. The molecule has 0 atom stereocenters. The number of nitrogens with one attached hydrogen (secondary N) is 1. The van der Waals surface area contributed by atoms with Crippen molar-refractivity contribution in [3.63, 3.8) is 0 Å². The monoisotopic (exact) mass is 216 g/mol. The Morgan fingerprint density at radius 3 is 2.20 bits per heavy atom. The number of rotatable bonds is 4. The third-order valence-corrected chi connectivity index (χ3v) is 2.36. The SMILES string of the molecule is CC(C)N(C)C(=O)NCC(C)(C)C(=O)O. The van der Waals surface area contributed by atoms with Crippen LogP contribution in [0, 0.1) is 5.41 Å². The van der Waals surface area contributed by atoms with Crippen molar-refractivity contribution in [1.82, 2.24) is 10.2 Å². The van der Waals surface area contributed by atoms with Gasteiger partial charge in [0.05, 0.1) is 5.41 Å². The first-order valence-electron chi connectivity index (χ1n) is 4.92. The predicted octanol–water partition coefficient (Wildman–Crippen LogP) is 1.15. The van der Waals surface area contributed by atoms with Crippen molar-refractivity contribution < 1.29 is 14.7 Å². The van der Waals surface area contributed by atoms with E-state index in [4.69, 9.17) is 5.11 Å². The molecule has 0 saturated heterocycles. The minimum Gasteiger partial charge on any atom is -0.481 e. The molecule has 0 spiro atoms. The van der Waals surface area contributed by atoms with Crippen LogP contribution in [-0.4, -0.2) is 41.6 Å². The summed E-state index contributed by atoms with van der Waals surface area (Å²) in [6, 6.07) is -0.155. The minimum atomic E-state index is -0.937. The number of aliphatic carboxylic acids is 1. The number of carbonyl (C=O) groups is 2. The maximum atomic E-state index is 11.5. The Bertz CT molecular complexity index is 249. The van der Waals surface area contributed by atoms with Gasteiger partial charge in [-0.1, -0.05) is 0 Å². The molecular weight excluding hydrogens is 196 g/mol. The lowest BCUT2D eigenvalue weighted by Crippen LogP contribution is -2.46. The third-order valence-electron chi connectivity index (χ3n) is 2.36. The fourth-order valence-electron chi connectivity index (χ4n) is 0.731. The van der Waals surface area contributed by atoms with Crippen LogP contribution in [-0.2, 0) is 4.79 Å². The van der Waals surface area contributed by atoms with E-state index >= 15 is 0 Å². The molecule has 2 N–H and O–H groups in total. The van der Waals surface area contributed by atoms with E-state index < -0.39 is 11.4 Å². The van der Waals surface area contributed by atoms with Crippen LogP contribution >= 0.6 is 0 Å². The van der Waals surface area contributed by atoms with Gasteiger partial charge < -0.3 is 15.3 Å². The van der Waals surface area contributed by atoms with Gasteiger partial charge in [-0.2, -0.15) is 0 Å². The second kappa shape index (κ2) is 5.00. The van der Waals surface area contributed by atoms with E-state index in [-0.39, 0.29) is 18.6 Å². The van der Waals surface area contributed by atoms with Crippen LogP contribution < -0.4 is 5.32 Å². The average Bonchev–Trinajstić information content (AvgIpc) is 2.12. The molecular formula is C10H20N2O3. The molecule has 5 nitrogen and oxygen atoms in total. The van der Waals surface area contributed by atoms with E-state index in [2.05, 4.69) is 5.32 Å². The van der Waals surface area contributed by atoms with Crippen molar-refractivity contribution in [3.05, 3.63) is 0 Å². The standard InChI is InChI=1S/C10H20N2O3/c1-7(2)12(5)9(15)11-6-10(3,4)8(13)14/h7H,6H2,1-5H3,(H,11,15)(H,13,14). The molecule has 0 radical (unpaired) electrons. The summed E-state index contributed by atoms with van der Waals surface area (Å²) in [6.07, 6.45) is 0. The molecule has 0 bridgehead atoms. The largest absolute Gasteiger partial charge is 0.481 e. The molecule has 0 heterocycles. The summed E-state index contributed by atoms with van der Waals surface area (Å²) >= 11 is 0. The maximum absolute atomic E-state index is 11.5. The fraction of sp³-hybridized carbons (Fsp3) is 0.800. The van der Waals surface area contributed by atoms with Gasteiger partial charge in [-0.15, -0.1) is 0 Å². The van der Waals surface area contributed by atoms with Gasteiger partial charge in [0.2, 0.25) is 0 Å². The number of hydrogen-bond acceptors (Lipinski definition) is 2. The topological polar surface area (TPSA) is 69.6 Å². The summed E-state index contributed by atoms with van der Waals surface area (Å²) in [5.74, 6) is -0.921. The van der Waals surface area contributed by atoms with Gasteiger partial charge >= 0.3 is 12.0 Å². The first-order valence-corrected chi connectivity index (χ1v) is 4.92. The van der Waals surface area contributed by atoms with Crippen LogP contribution in [0.4, 0.5) is 4.79 Å². The van der Waals surface area contributed by atoms with E-state index in [0.29, 0.717) is 0 Å². The van der Waals surface area contributed by atoms with Crippen LogP contribution in [0.5, 0.6) is 0 Å². The Morgan fingerprint density at radius 2 is 1.87 bits per heavy atom. The first-order chi connectivity index (χ1) is 6.68. The Labute approximate surface area is 90.5 Å². The highest BCUT2D eigenvalue weighted by molar-refractivity contribution is 5.77. The maximum Gasteiger partial charge on any atom is 0.317 e. The highest BCUT2D eigenvalue weighted by Crippen LogP contribution is 2.13. The molecule has 15 heavy (non-hydrogen) atoms. The zero-order valence-corrected chi connectivity index (χ0v) is 10.00. The number of nitrogens with zero attached hydrogens (tertiary/aromatic N) is 1. The van der Waals surface area contributed by atoms with E-state index in [9.17, 15) is 9.59 Å². The van der Waals surface area contributed by atoms with Gasteiger partial charge in [0, 0.05) is 19.6 Å². The summed E-state index contributed by atoms with van der Waals surface area (Å²) in [5, 5.41) is 11.4. The lowest BCUT2D eigenvalue weighted by atomic mass is 9.94. The molecule has 5 heteroatoms. The van der Waals surface area contributed by atoms with Crippen LogP contribution in [0.25, 0.3) is 0 Å². The molecule has 88 valence electrons. The number of carboxylic acid groups (broad SMARTS) is 1. The van der Waals surface area contributed by atoms with Crippen molar-refractivity contribution in [2.75, 3.05) is 13.6 Å². The normalized spacial score (nSPS) is 11.3. The predicted molar refractivity (Wildman–Crippen MR) is 57.7 cm³/mol. The molecule has 0 fully saturated rings. The van der Waals surface area contributed by atoms with Gasteiger partial charge in [0.15, 0.2) is 0 Å². The molecule has 0 aliphatic rings. The first kappa shape index (κ1) is 13.7. The molecule has 2 amide bonds. The number of carboxylic acids is 1. The number of amides is 2. The van der Waals surface area contributed by atoms with Crippen LogP contribution in [0.15, 0.2) is 0 Å². The van der Waals surface area contributed by atoms with Gasteiger partial charge in [0.25, 0.3) is 0 Å². The number of urea groups is 1. The molecule has 0 aromatic heterocycles. The smallest absolute Gasteiger partial charge is 0.317 e. The average molecular weight is 216 g/mol. The Kier molecular flexibility index (Phi) is 4.58. The Morgan fingerprint density at radius 1 is 1.40 bits per heavy atom. The summed E-state index contributed by atoms with van der Waals surface area (Å²) in [7, 11) is 1.67. The second-order valence-electron chi connectivity index (χ2n) is 4.55. The van der Waals surface area contributed by atoms with Gasteiger partial charge in [-0.3, -0.25) is 4.79 Å². The van der Waals surface area contributed by atoms with Crippen molar-refractivity contribution in [1.29, 1.82) is 0 Å². The van der Waals surface area contributed by atoms with Crippen molar-refractivity contribution in [2.24, 2.45) is 5.41 Å². The summed E-state index contributed by atoms with van der Waals surface area (Å²) < 4.78 is 0. The zero-order valence-electron chi connectivity index (χ0n) is 10.00. The highest BCUT2D eigenvalue weighted by atomic mass is 16.4. The van der Waals surface area contributed by atoms with E-state index in [1.807, 2.05) is 13.8 Å². The fourth-order valence-corrected chi connectivity index (χ4v) is 0.731. The minimum absolute atomic E-state index is 0.0953. The van der Waals surface area contributed by atoms with Crippen LogP contribution in [0.3, 0.4) is 0 Å². The number of carbonyl (C=O) groups excluding carboxylic acids is 1. The van der Waals surface area contributed by atoms with Crippen LogP contribution in [0.1, 0.15) is 27.7 Å². The van der Waals surface area contributed by atoms with Crippen LogP contribution in [0.2, 0.25) is 0 Å². The highest BCUT2D eigenvalue weighted by Gasteiger charge is 2.28. The van der Waals surface area contributed by atoms with Crippen molar-refractivity contribution in [2.45, 2.75) is 33.7 Å². The Hall–Kier alpha value is -1.26. The molecule has 0 unspecified atom stereocenters. The molecule has 0 aliphatic heterocycles. The zero-order chi connectivity index (χ0) is 12.2. The molecule has 0 aromatic carbocycles. The molecule has 0 aromatic rings. The lowest BCUT2D eigenvalue weighted by Gasteiger charge is -2.25. The Balaban J connectivity index is 4.18. The van der Waals surface area contributed by atoms with Crippen molar-refractivity contribution >= 4 is 12.0 Å². The van der Waals surface area contributed by atoms with E-state index in [1.165, 1.54) is 4.90 Å². The third kappa shape index (κ3) is 4.18. The van der Waals surface area contributed by atoms with Gasteiger partial charge in [-0.25, -0.2) is 4.79 Å². The molecule has 0 saturated carbocycles. The summed E-state index contributed by atoms with van der Waals surface area (Å²) in [4.78, 5) is 23.8.